The number of nitrogens with zero attached hydrogens (tertiary/aromatic N) is 2. The Morgan fingerprint density at radius 2 is 1.45 bits per heavy atom. The van der Waals surface area contributed by atoms with E-state index in [0.29, 0.717) is 11.8 Å². The summed E-state index contributed by atoms with van der Waals surface area (Å²) in [5, 5.41) is 7.10. The smallest absolute Gasteiger partial charge is 0.322 e. The third-order valence-electron chi connectivity index (χ3n) is 3.06. The Morgan fingerprint density at radius 1 is 0.900 bits per heavy atom. The van der Waals surface area contributed by atoms with Crippen molar-refractivity contribution < 1.29 is 4.52 Å². The maximum atomic E-state index is 5.17. The second kappa shape index (κ2) is 5.57. The summed E-state index contributed by atoms with van der Waals surface area (Å²) >= 11 is 0. The second-order valence-corrected chi connectivity index (χ2v) is 4.55. The van der Waals surface area contributed by atoms with Gasteiger partial charge in [-0.1, -0.05) is 65.8 Å². The third-order valence-corrected chi connectivity index (χ3v) is 3.06. The van der Waals surface area contributed by atoms with Crippen LogP contribution in [0.1, 0.15) is 23.0 Å². The minimum Gasteiger partial charge on any atom is -0.327 e. The van der Waals surface area contributed by atoms with Crippen LogP contribution in [0.2, 0.25) is 0 Å². The molecule has 0 aliphatic rings. The summed E-state index contributed by atoms with van der Waals surface area (Å²) in [6, 6.07) is 20.8. The van der Waals surface area contributed by atoms with Crippen LogP contribution in [0.15, 0.2) is 65.2 Å². The Morgan fingerprint density at radius 3 is 1.90 bits per heavy atom. The Balaban J connectivity index is 1.96. The Kier molecular flexibility index (Phi) is 3.46. The Bertz CT molecular complexity index is 625. The largest absolute Gasteiger partial charge is 0.327 e. The molecule has 0 spiro atoms. The predicted molar refractivity (Wildman–Crippen MR) is 77.4 cm³/mol. The van der Waals surface area contributed by atoms with Crippen LogP contribution < -0.4 is 5.32 Å². The van der Waals surface area contributed by atoms with Crippen molar-refractivity contribution in [2.45, 2.75) is 13.0 Å². The van der Waals surface area contributed by atoms with Crippen molar-refractivity contribution in [3.8, 4) is 0 Å². The minimum atomic E-state index is -0.0164. The van der Waals surface area contributed by atoms with Crippen molar-refractivity contribution in [3.63, 3.8) is 0 Å². The van der Waals surface area contributed by atoms with Crippen LogP contribution in [0.25, 0.3) is 0 Å². The quantitative estimate of drug-likeness (QED) is 0.783. The van der Waals surface area contributed by atoms with E-state index in [1.54, 1.807) is 6.92 Å². The van der Waals surface area contributed by atoms with Crippen LogP contribution in [0, 0.1) is 6.92 Å². The topological polar surface area (TPSA) is 51.0 Å². The molecule has 0 fully saturated rings. The van der Waals surface area contributed by atoms with Crippen molar-refractivity contribution in [3.05, 3.63) is 77.6 Å². The highest BCUT2D eigenvalue weighted by molar-refractivity contribution is 5.39. The van der Waals surface area contributed by atoms with Crippen molar-refractivity contribution >= 4 is 6.01 Å². The molecule has 3 rings (SSSR count). The van der Waals surface area contributed by atoms with Crippen LogP contribution in [-0.2, 0) is 0 Å². The Hall–Kier alpha value is -2.62. The lowest BCUT2D eigenvalue weighted by molar-refractivity contribution is 0.423. The van der Waals surface area contributed by atoms with Gasteiger partial charge in [0.25, 0.3) is 0 Å². The van der Waals surface area contributed by atoms with Gasteiger partial charge in [-0.25, -0.2) is 0 Å². The number of anilines is 1. The molecule has 2 aromatic carbocycles. The van der Waals surface area contributed by atoms with E-state index in [2.05, 4.69) is 39.7 Å². The Labute approximate surface area is 117 Å². The van der Waals surface area contributed by atoms with Gasteiger partial charge in [-0.3, -0.25) is 0 Å². The van der Waals surface area contributed by atoms with Gasteiger partial charge in [0, 0.05) is 0 Å². The number of hydrogen-bond acceptors (Lipinski definition) is 4. The average molecular weight is 265 g/mol. The van der Waals surface area contributed by atoms with E-state index in [-0.39, 0.29) is 6.04 Å². The van der Waals surface area contributed by atoms with Crippen LogP contribution >= 0.6 is 0 Å². The number of aryl methyl sites for hydroxylation is 1. The molecule has 1 aromatic heterocycles. The van der Waals surface area contributed by atoms with Gasteiger partial charge in [-0.15, -0.1) is 0 Å². The summed E-state index contributed by atoms with van der Waals surface area (Å²) in [6.07, 6.45) is 0. The van der Waals surface area contributed by atoms with Crippen LogP contribution in [-0.4, -0.2) is 10.1 Å². The van der Waals surface area contributed by atoms with Crippen molar-refractivity contribution in [2.75, 3.05) is 5.32 Å². The first-order valence-corrected chi connectivity index (χ1v) is 6.49. The zero-order chi connectivity index (χ0) is 13.8. The normalized spacial score (nSPS) is 10.7. The number of nitrogens with one attached hydrogen (secondary N) is 1. The molecule has 0 unspecified atom stereocenters. The summed E-state index contributed by atoms with van der Waals surface area (Å²) in [6.45, 7) is 1.80. The second-order valence-electron chi connectivity index (χ2n) is 4.55. The van der Waals surface area contributed by atoms with Crippen LogP contribution in [0.5, 0.6) is 0 Å². The number of aromatic nitrogens is 2. The molecule has 0 radical (unpaired) electrons. The highest BCUT2D eigenvalue weighted by Gasteiger charge is 2.16. The first kappa shape index (κ1) is 12.4. The maximum absolute atomic E-state index is 5.17. The lowest BCUT2D eigenvalue weighted by atomic mass is 9.99. The van der Waals surface area contributed by atoms with E-state index in [1.807, 2.05) is 36.4 Å². The van der Waals surface area contributed by atoms with Crippen molar-refractivity contribution in [1.29, 1.82) is 0 Å². The standard InChI is InChI=1S/C16H15N3O/c1-12-17-16(20-19-12)18-15(13-8-4-2-5-9-13)14-10-6-3-7-11-14/h2-11,15H,1H3,(H,17,18,19). The van der Waals surface area contributed by atoms with E-state index < -0.39 is 0 Å². The molecule has 20 heavy (non-hydrogen) atoms. The molecule has 0 bridgehead atoms. The molecule has 0 saturated carbocycles. The number of hydrogen-bond donors (Lipinski definition) is 1. The summed E-state index contributed by atoms with van der Waals surface area (Å²) in [5.74, 6) is 0.618. The van der Waals surface area contributed by atoms with Gasteiger partial charge in [0.2, 0.25) is 0 Å². The van der Waals surface area contributed by atoms with Gasteiger partial charge >= 0.3 is 6.01 Å². The maximum Gasteiger partial charge on any atom is 0.322 e. The SMILES string of the molecule is Cc1noc(NC(c2ccccc2)c2ccccc2)n1. The summed E-state index contributed by atoms with van der Waals surface area (Å²) in [4.78, 5) is 4.21. The fourth-order valence-corrected chi connectivity index (χ4v) is 2.13. The number of benzene rings is 2. The average Bonchev–Trinajstić information content (AvgIpc) is 2.92. The molecule has 4 nitrogen and oxygen atoms in total. The molecule has 1 N–H and O–H groups in total. The predicted octanol–water partition coefficient (Wildman–Crippen LogP) is 3.58. The lowest BCUT2D eigenvalue weighted by Crippen LogP contribution is -2.12. The van der Waals surface area contributed by atoms with Crippen molar-refractivity contribution in [2.24, 2.45) is 0 Å². The highest BCUT2D eigenvalue weighted by atomic mass is 16.5. The van der Waals surface area contributed by atoms with Crippen LogP contribution in [0.4, 0.5) is 6.01 Å². The molecule has 0 saturated heterocycles. The lowest BCUT2D eigenvalue weighted by Gasteiger charge is -2.18. The van der Waals surface area contributed by atoms with E-state index in [0.717, 1.165) is 11.1 Å². The van der Waals surface area contributed by atoms with Gasteiger partial charge in [0.05, 0.1) is 6.04 Å². The molecule has 1 heterocycles. The molecule has 0 amide bonds. The fraction of sp³-hybridized carbons (Fsp3) is 0.125. The first-order valence-electron chi connectivity index (χ1n) is 6.49. The zero-order valence-electron chi connectivity index (χ0n) is 11.2. The molecule has 100 valence electrons. The summed E-state index contributed by atoms with van der Waals surface area (Å²) in [7, 11) is 0. The van der Waals surface area contributed by atoms with Crippen LogP contribution in [0.3, 0.4) is 0 Å². The fourth-order valence-electron chi connectivity index (χ4n) is 2.13. The summed E-state index contributed by atoms with van der Waals surface area (Å²) in [5.41, 5.74) is 2.30. The van der Waals surface area contributed by atoms with Gasteiger partial charge in [-0.05, 0) is 18.1 Å². The third kappa shape index (κ3) is 2.69. The first-order chi connectivity index (χ1) is 9.83. The van der Waals surface area contributed by atoms with Gasteiger partial charge in [0.1, 0.15) is 0 Å². The van der Waals surface area contributed by atoms with E-state index >= 15 is 0 Å². The molecule has 0 atom stereocenters. The van der Waals surface area contributed by atoms with Gasteiger partial charge in [0.15, 0.2) is 5.82 Å². The van der Waals surface area contributed by atoms with E-state index in [1.165, 1.54) is 0 Å². The summed E-state index contributed by atoms with van der Waals surface area (Å²) < 4.78 is 5.17. The monoisotopic (exact) mass is 265 g/mol. The minimum absolute atomic E-state index is 0.0164. The molecule has 0 aliphatic heterocycles. The molecular formula is C16H15N3O. The molecule has 3 aromatic rings. The number of rotatable bonds is 4. The van der Waals surface area contributed by atoms with Crippen molar-refractivity contribution in [1.82, 2.24) is 10.1 Å². The molecular weight excluding hydrogens is 250 g/mol. The van der Waals surface area contributed by atoms with E-state index in [9.17, 15) is 0 Å². The zero-order valence-corrected chi connectivity index (χ0v) is 11.2. The molecule has 0 aliphatic carbocycles. The van der Waals surface area contributed by atoms with E-state index in [4.69, 9.17) is 4.52 Å². The highest BCUT2D eigenvalue weighted by Crippen LogP contribution is 2.25. The molecule has 4 heteroatoms. The van der Waals surface area contributed by atoms with Gasteiger partial charge < -0.3 is 9.84 Å². The van der Waals surface area contributed by atoms with Gasteiger partial charge in [-0.2, -0.15) is 4.98 Å².